The van der Waals surface area contributed by atoms with Gasteiger partial charge in [0.1, 0.15) is 11.5 Å². The molecule has 5 unspecified atom stereocenters. The van der Waals surface area contributed by atoms with Crippen molar-refractivity contribution in [3.63, 3.8) is 0 Å². The molecule has 5 atom stereocenters. The molecule has 3 rings (SSSR count). The van der Waals surface area contributed by atoms with Gasteiger partial charge in [-0.15, -0.1) is 0 Å². The molecule has 0 aliphatic carbocycles. The number of thioether (sulfide) groups is 1. The van der Waals surface area contributed by atoms with Crippen LogP contribution >= 0.6 is 11.8 Å². The molecule has 3 heterocycles. The Labute approximate surface area is 116 Å². The molecular weight excluding hydrogens is 268 g/mol. The highest BCUT2D eigenvalue weighted by molar-refractivity contribution is 8.14. The number of rotatable bonds is 2. The van der Waals surface area contributed by atoms with Crippen molar-refractivity contribution >= 4 is 16.9 Å². The molecule has 0 amide bonds. The number of methoxy groups -OCH3 is 1. The number of hydrogen-bond donors (Lipinski definition) is 2. The molecular formula is C12H20N2O4S. The molecule has 108 valence electrons. The van der Waals surface area contributed by atoms with E-state index in [1.807, 2.05) is 6.92 Å². The van der Waals surface area contributed by atoms with Crippen LogP contribution in [-0.2, 0) is 9.47 Å². The minimum atomic E-state index is -0.555. The Kier molecular flexibility index (Phi) is 3.74. The van der Waals surface area contributed by atoms with Crippen LogP contribution in [0.4, 0.5) is 0 Å². The fraction of sp³-hybridized carbons (Fsp3) is 0.917. The highest BCUT2D eigenvalue weighted by atomic mass is 32.2. The van der Waals surface area contributed by atoms with Crippen molar-refractivity contribution in [1.82, 2.24) is 4.90 Å². The number of ether oxygens (including phenoxy) is 2. The van der Waals surface area contributed by atoms with Crippen molar-refractivity contribution in [2.75, 3.05) is 26.8 Å². The fourth-order valence-electron chi connectivity index (χ4n) is 2.67. The van der Waals surface area contributed by atoms with Crippen molar-refractivity contribution < 1.29 is 19.7 Å². The number of aliphatic hydroxyl groups excluding tert-OH is 2. The second kappa shape index (κ2) is 5.21. The Morgan fingerprint density at radius 2 is 2.26 bits per heavy atom. The Balaban J connectivity index is 1.66. The molecule has 2 N–H and O–H groups in total. The summed E-state index contributed by atoms with van der Waals surface area (Å²) in [6, 6.07) is -0.223. The number of fused-ring (bicyclic) bond motifs is 1. The molecule has 0 bridgehead atoms. The van der Waals surface area contributed by atoms with Gasteiger partial charge in [0.15, 0.2) is 5.17 Å². The number of nitrogens with zero attached hydrogens (tertiary/aromatic N) is 2. The van der Waals surface area contributed by atoms with Gasteiger partial charge >= 0.3 is 0 Å². The summed E-state index contributed by atoms with van der Waals surface area (Å²) in [6.45, 7) is 3.52. The average molecular weight is 288 g/mol. The van der Waals surface area contributed by atoms with Gasteiger partial charge < -0.3 is 24.6 Å². The van der Waals surface area contributed by atoms with Gasteiger partial charge in [0.25, 0.3) is 0 Å². The maximum atomic E-state index is 10.3. The molecule has 0 aromatic carbocycles. The Hall–Kier alpha value is -0.340. The molecule has 6 nitrogen and oxygen atoms in total. The Morgan fingerprint density at radius 3 is 2.89 bits per heavy atom. The minimum absolute atomic E-state index is 0.0627. The molecule has 2 fully saturated rings. The third kappa shape index (κ3) is 2.27. The largest absolute Gasteiger partial charge is 0.394 e. The van der Waals surface area contributed by atoms with Crippen LogP contribution in [0.5, 0.6) is 0 Å². The van der Waals surface area contributed by atoms with E-state index in [-0.39, 0.29) is 36.2 Å². The number of hydrogen-bond acceptors (Lipinski definition) is 7. The first-order valence-corrected chi connectivity index (χ1v) is 7.48. The molecule has 0 radical (unpaired) electrons. The molecule has 0 aromatic rings. The van der Waals surface area contributed by atoms with Crippen molar-refractivity contribution in [3.05, 3.63) is 0 Å². The fourth-order valence-corrected chi connectivity index (χ4v) is 3.92. The van der Waals surface area contributed by atoms with E-state index in [4.69, 9.17) is 9.47 Å². The number of aliphatic imine (C=N–C) groups is 1. The first-order valence-electron chi connectivity index (χ1n) is 6.60. The summed E-state index contributed by atoms with van der Waals surface area (Å²) in [6.07, 6.45) is -0.581. The number of amidine groups is 1. The molecule has 0 aromatic heterocycles. The standard InChI is InChI=1S/C12H20N2O4S/c1-6-8(5-15)18-11-9(10(6)16)13-12(19-11)14-3-7(4-14)17-2/h6-11,15-16H,3-5H2,1-2H3. The SMILES string of the molecule is COC1CN(C2=NC3C(OC(CO)C(C)C3O)S2)C1. The average Bonchev–Trinajstić information content (AvgIpc) is 2.76. The van der Waals surface area contributed by atoms with Crippen LogP contribution in [0.2, 0.25) is 0 Å². The van der Waals surface area contributed by atoms with Crippen LogP contribution in [0.25, 0.3) is 0 Å². The minimum Gasteiger partial charge on any atom is -0.394 e. The van der Waals surface area contributed by atoms with E-state index in [0.29, 0.717) is 0 Å². The van der Waals surface area contributed by atoms with E-state index in [2.05, 4.69) is 9.89 Å². The van der Waals surface area contributed by atoms with Crippen molar-refractivity contribution in [3.8, 4) is 0 Å². The van der Waals surface area contributed by atoms with Gasteiger partial charge in [-0.1, -0.05) is 18.7 Å². The highest BCUT2D eigenvalue weighted by Crippen LogP contribution is 2.40. The molecule has 19 heavy (non-hydrogen) atoms. The zero-order valence-electron chi connectivity index (χ0n) is 11.1. The maximum absolute atomic E-state index is 10.3. The van der Waals surface area contributed by atoms with E-state index in [1.54, 1.807) is 18.9 Å². The van der Waals surface area contributed by atoms with Gasteiger partial charge in [0.2, 0.25) is 0 Å². The van der Waals surface area contributed by atoms with Gasteiger partial charge in [-0.2, -0.15) is 0 Å². The summed E-state index contributed by atoms with van der Waals surface area (Å²) < 4.78 is 11.1. The maximum Gasteiger partial charge on any atom is 0.162 e. The molecule has 0 spiro atoms. The summed E-state index contributed by atoms with van der Waals surface area (Å²) in [5, 5.41) is 20.5. The van der Waals surface area contributed by atoms with Crippen LogP contribution in [-0.4, -0.2) is 76.9 Å². The summed E-state index contributed by atoms with van der Waals surface area (Å²) in [5.74, 6) is -0.0990. The Bertz CT molecular complexity index is 375. The van der Waals surface area contributed by atoms with Crippen LogP contribution in [0.3, 0.4) is 0 Å². The lowest BCUT2D eigenvalue weighted by Crippen LogP contribution is -2.53. The van der Waals surface area contributed by atoms with Gasteiger partial charge in [-0.05, 0) is 0 Å². The molecule has 2 saturated heterocycles. The predicted molar refractivity (Wildman–Crippen MR) is 72.1 cm³/mol. The first kappa shape index (κ1) is 13.6. The lowest BCUT2D eigenvalue weighted by atomic mass is 9.90. The summed E-state index contributed by atoms with van der Waals surface area (Å²) in [5.41, 5.74) is -0.181. The second-order valence-electron chi connectivity index (χ2n) is 5.36. The van der Waals surface area contributed by atoms with Crippen LogP contribution < -0.4 is 0 Å². The summed E-state index contributed by atoms with van der Waals surface area (Å²) >= 11 is 1.54. The van der Waals surface area contributed by atoms with Crippen LogP contribution in [0.15, 0.2) is 4.99 Å². The second-order valence-corrected chi connectivity index (χ2v) is 6.42. The molecule has 7 heteroatoms. The summed E-state index contributed by atoms with van der Waals surface area (Å²) in [7, 11) is 1.71. The van der Waals surface area contributed by atoms with Crippen LogP contribution in [0.1, 0.15) is 6.92 Å². The topological polar surface area (TPSA) is 74.5 Å². The van der Waals surface area contributed by atoms with Crippen molar-refractivity contribution in [2.45, 2.75) is 36.7 Å². The van der Waals surface area contributed by atoms with Gasteiger partial charge in [0, 0.05) is 26.1 Å². The lowest BCUT2D eigenvalue weighted by molar-refractivity contribution is -0.124. The highest BCUT2D eigenvalue weighted by Gasteiger charge is 2.48. The zero-order chi connectivity index (χ0) is 13.6. The van der Waals surface area contributed by atoms with Gasteiger partial charge in [0.05, 0.1) is 24.9 Å². The van der Waals surface area contributed by atoms with Crippen LogP contribution in [0, 0.1) is 5.92 Å². The third-order valence-corrected chi connectivity index (χ3v) is 5.37. The predicted octanol–water partition coefficient (Wildman–Crippen LogP) is -0.497. The van der Waals surface area contributed by atoms with E-state index in [9.17, 15) is 10.2 Å². The van der Waals surface area contributed by atoms with E-state index >= 15 is 0 Å². The van der Waals surface area contributed by atoms with Crippen molar-refractivity contribution in [1.29, 1.82) is 0 Å². The van der Waals surface area contributed by atoms with E-state index < -0.39 is 6.10 Å². The number of aliphatic hydroxyl groups is 2. The van der Waals surface area contributed by atoms with E-state index in [0.717, 1.165) is 18.3 Å². The quantitative estimate of drug-likeness (QED) is 0.714. The smallest absolute Gasteiger partial charge is 0.162 e. The lowest BCUT2D eigenvalue weighted by Gasteiger charge is -2.39. The molecule has 3 aliphatic heterocycles. The first-order chi connectivity index (χ1) is 9.13. The van der Waals surface area contributed by atoms with Crippen molar-refractivity contribution in [2.24, 2.45) is 10.9 Å². The molecule has 3 aliphatic rings. The number of likely N-dealkylation sites (tertiary alicyclic amines) is 1. The van der Waals surface area contributed by atoms with E-state index in [1.165, 1.54) is 0 Å². The summed E-state index contributed by atoms with van der Waals surface area (Å²) in [4.78, 5) is 6.74. The van der Waals surface area contributed by atoms with Gasteiger partial charge in [-0.3, -0.25) is 4.99 Å². The monoisotopic (exact) mass is 288 g/mol. The van der Waals surface area contributed by atoms with Gasteiger partial charge in [-0.25, -0.2) is 0 Å². The zero-order valence-corrected chi connectivity index (χ0v) is 11.9. The Morgan fingerprint density at radius 1 is 1.53 bits per heavy atom. The molecule has 0 saturated carbocycles. The normalized spacial score (nSPS) is 42.8. The third-order valence-electron chi connectivity index (χ3n) is 4.18.